The van der Waals surface area contributed by atoms with Crippen LogP contribution < -0.4 is 9.13 Å². The minimum Gasteiger partial charge on any atom is -0.203 e. The first-order valence-electron chi connectivity index (χ1n) is 11.4. The van der Waals surface area contributed by atoms with Crippen LogP contribution in [0.3, 0.4) is 0 Å². The lowest BCUT2D eigenvalue weighted by atomic mass is 10.0. The third-order valence-corrected chi connectivity index (χ3v) is 6.34. The highest BCUT2D eigenvalue weighted by atomic mass is 19.2. The van der Waals surface area contributed by atoms with Crippen molar-refractivity contribution in [3.05, 3.63) is 130 Å². The number of hydrogen-bond donors (Lipinski definition) is 0. The standard InChI is InChI=1S/C28H14F10N2/c29-19-17(20(30)24(34)27(37)23(19)33)11-39-6-3-13(4-7-39)14-1-2-16-10-40(8-5-15(16)9-14)12-18-21(31)25(35)28(38)26(36)22(18)32/h1-10H,11-12H2/q+2. The molecule has 0 atom stereocenters. The number of fused-ring (bicyclic) bond motifs is 1. The lowest BCUT2D eigenvalue weighted by molar-refractivity contribution is -0.688. The summed E-state index contributed by atoms with van der Waals surface area (Å²) in [6, 6.07) is 9.74. The van der Waals surface area contributed by atoms with Crippen LogP contribution >= 0.6 is 0 Å². The highest BCUT2D eigenvalue weighted by Gasteiger charge is 2.29. The summed E-state index contributed by atoms with van der Waals surface area (Å²) in [4.78, 5) is 0. The fourth-order valence-corrected chi connectivity index (χ4v) is 4.21. The highest BCUT2D eigenvalue weighted by molar-refractivity contribution is 5.85. The maximum Gasteiger partial charge on any atom is 0.200 e. The van der Waals surface area contributed by atoms with Gasteiger partial charge in [-0.15, -0.1) is 0 Å². The van der Waals surface area contributed by atoms with E-state index in [0.29, 0.717) is 21.9 Å². The molecule has 0 fully saturated rings. The molecule has 0 saturated heterocycles. The smallest absolute Gasteiger partial charge is 0.200 e. The van der Waals surface area contributed by atoms with E-state index < -0.39 is 82.4 Å². The van der Waals surface area contributed by atoms with Crippen LogP contribution in [-0.4, -0.2) is 0 Å². The van der Waals surface area contributed by atoms with E-state index in [4.69, 9.17) is 0 Å². The second-order valence-corrected chi connectivity index (χ2v) is 8.82. The molecule has 12 heteroatoms. The van der Waals surface area contributed by atoms with Crippen LogP contribution in [0.25, 0.3) is 21.9 Å². The number of aromatic nitrogens is 2. The number of rotatable bonds is 5. The molecule has 0 bridgehead atoms. The molecule has 0 aliphatic rings. The van der Waals surface area contributed by atoms with E-state index in [-0.39, 0.29) is 0 Å². The molecule has 0 unspecified atom stereocenters. The van der Waals surface area contributed by atoms with Crippen molar-refractivity contribution in [3.8, 4) is 11.1 Å². The largest absolute Gasteiger partial charge is 0.203 e. The zero-order chi connectivity index (χ0) is 28.9. The summed E-state index contributed by atoms with van der Waals surface area (Å²) in [5.74, 6) is -20.3. The van der Waals surface area contributed by atoms with Crippen molar-refractivity contribution < 1.29 is 53.0 Å². The Kier molecular flexibility index (Phi) is 6.94. The molecule has 2 aromatic heterocycles. The van der Waals surface area contributed by atoms with E-state index in [9.17, 15) is 43.9 Å². The maximum absolute atomic E-state index is 14.1. The van der Waals surface area contributed by atoms with Crippen LogP contribution in [0.5, 0.6) is 0 Å². The molecule has 40 heavy (non-hydrogen) atoms. The molecular weight excluding hydrogens is 554 g/mol. The third kappa shape index (κ3) is 4.63. The van der Waals surface area contributed by atoms with Gasteiger partial charge >= 0.3 is 0 Å². The molecule has 204 valence electrons. The SMILES string of the molecule is Fc1c(F)c(F)c(C[n+]2ccc(-c3ccc4c[n+](Cc5c(F)c(F)c(F)c(F)c5F)ccc4c3)cc2)c(F)c1F. The second kappa shape index (κ2) is 10.2. The van der Waals surface area contributed by atoms with Gasteiger partial charge in [0.25, 0.3) is 0 Å². The molecule has 3 aromatic carbocycles. The average Bonchev–Trinajstić information content (AvgIpc) is 2.97. The first-order chi connectivity index (χ1) is 19.0. The predicted molar refractivity (Wildman–Crippen MR) is 120 cm³/mol. The topological polar surface area (TPSA) is 7.76 Å². The monoisotopic (exact) mass is 568 g/mol. The van der Waals surface area contributed by atoms with Crippen LogP contribution in [0, 0.1) is 58.2 Å². The molecule has 0 amide bonds. The minimum atomic E-state index is -2.24. The van der Waals surface area contributed by atoms with Gasteiger partial charge in [0.1, 0.15) is 0 Å². The number of benzene rings is 3. The zero-order valence-electron chi connectivity index (χ0n) is 19.9. The van der Waals surface area contributed by atoms with Gasteiger partial charge in [0, 0.05) is 23.6 Å². The van der Waals surface area contributed by atoms with Crippen molar-refractivity contribution in [3.63, 3.8) is 0 Å². The van der Waals surface area contributed by atoms with E-state index in [1.165, 1.54) is 33.9 Å². The van der Waals surface area contributed by atoms with Crippen molar-refractivity contribution in [2.75, 3.05) is 0 Å². The number of halogens is 10. The van der Waals surface area contributed by atoms with Crippen molar-refractivity contribution in [2.24, 2.45) is 0 Å². The van der Waals surface area contributed by atoms with Gasteiger partial charge in [-0.05, 0) is 28.6 Å². The average molecular weight is 568 g/mol. The summed E-state index contributed by atoms with van der Waals surface area (Å²) in [6.07, 6.45) is 5.63. The van der Waals surface area contributed by atoms with Crippen LogP contribution in [0.1, 0.15) is 11.1 Å². The van der Waals surface area contributed by atoms with Crippen LogP contribution in [0.15, 0.2) is 61.2 Å². The van der Waals surface area contributed by atoms with Gasteiger partial charge < -0.3 is 0 Å². The van der Waals surface area contributed by atoms with Gasteiger partial charge in [0.2, 0.25) is 11.6 Å². The van der Waals surface area contributed by atoms with Gasteiger partial charge in [-0.2, -0.15) is 4.57 Å². The maximum atomic E-state index is 14.1. The molecule has 2 heterocycles. The lowest BCUT2D eigenvalue weighted by Gasteiger charge is -2.07. The Labute approximate surface area is 219 Å². The summed E-state index contributed by atoms with van der Waals surface area (Å²) >= 11 is 0. The molecule has 2 nitrogen and oxygen atoms in total. The summed E-state index contributed by atoms with van der Waals surface area (Å²) in [5.41, 5.74) is -0.665. The first-order valence-corrected chi connectivity index (χ1v) is 11.4. The highest BCUT2D eigenvalue weighted by Crippen LogP contribution is 2.26. The van der Waals surface area contributed by atoms with Gasteiger partial charge in [-0.25, -0.2) is 48.5 Å². The number of pyridine rings is 2. The van der Waals surface area contributed by atoms with Crippen molar-refractivity contribution >= 4 is 10.8 Å². The van der Waals surface area contributed by atoms with E-state index in [0.717, 1.165) is 0 Å². The Hall–Kier alpha value is -4.48. The Balaban J connectivity index is 1.39. The van der Waals surface area contributed by atoms with Gasteiger partial charge in [0.15, 0.2) is 84.4 Å². The minimum absolute atomic E-state index is 0.576. The fourth-order valence-electron chi connectivity index (χ4n) is 4.21. The van der Waals surface area contributed by atoms with E-state index in [1.54, 1.807) is 36.4 Å². The second-order valence-electron chi connectivity index (χ2n) is 8.82. The summed E-state index contributed by atoms with van der Waals surface area (Å²) in [6.45, 7) is -1.24. The van der Waals surface area contributed by atoms with E-state index >= 15 is 0 Å². The van der Waals surface area contributed by atoms with Gasteiger partial charge in [-0.1, -0.05) is 6.07 Å². The van der Waals surface area contributed by atoms with Crippen LogP contribution in [0.4, 0.5) is 43.9 Å². The normalized spacial score (nSPS) is 11.4. The van der Waals surface area contributed by atoms with E-state index in [2.05, 4.69) is 0 Å². The van der Waals surface area contributed by atoms with Crippen LogP contribution in [-0.2, 0) is 13.1 Å². The Morgan fingerprint density at radius 1 is 0.400 bits per heavy atom. The van der Waals surface area contributed by atoms with Crippen molar-refractivity contribution in [2.45, 2.75) is 13.1 Å². The molecule has 5 aromatic rings. The zero-order valence-corrected chi connectivity index (χ0v) is 19.9. The Morgan fingerprint density at radius 2 is 0.825 bits per heavy atom. The molecule has 0 radical (unpaired) electrons. The Bertz CT molecular complexity index is 1740. The molecule has 0 spiro atoms. The lowest BCUT2D eigenvalue weighted by Crippen LogP contribution is -2.34. The number of hydrogen-bond acceptors (Lipinski definition) is 0. The molecule has 0 N–H and O–H groups in total. The van der Waals surface area contributed by atoms with E-state index in [1.807, 2.05) is 0 Å². The molecule has 0 aliphatic heterocycles. The summed E-state index contributed by atoms with van der Waals surface area (Å²) < 4.78 is 139. The number of nitrogens with zero attached hydrogens (tertiary/aromatic N) is 2. The molecule has 5 rings (SSSR count). The fraction of sp³-hybridized carbons (Fsp3) is 0.0714. The van der Waals surface area contributed by atoms with Crippen molar-refractivity contribution in [1.29, 1.82) is 0 Å². The first kappa shape index (κ1) is 27.1. The van der Waals surface area contributed by atoms with Crippen molar-refractivity contribution in [1.82, 2.24) is 0 Å². The summed E-state index contributed by atoms with van der Waals surface area (Å²) in [7, 11) is 0. The quantitative estimate of drug-likeness (QED) is 0.0982. The molecule has 0 aliphatic carbocycles. The van der Waals surface area contributed by atoms with Crippen LogP contribution in [0.2, 0.25) is 0 Å². The Morgan fingerprint density at radius 3 is 1.32 bits per heavy atom. The molecular formula is C28H14F10N2+2. The predicted octanol–water partition coefficient (Wildman–Crippen LogP) is 6.57. The molecule has 0 saturated carbocycles. The van der Waals surface area contributed by atoms with Gasteiger partial charge in [-0.3, -0.25) is 0 Å². The summed E-state index contributed by atoms with van der Waals surface area (Å²) in [5, 5.41) is 1.23. The van der Waals surface area contributed by atoms with Gasteiger partial charge in [0.05, 0.1) is 11.1 Å². The third-order valence-electron chi connectivity index (χ3n) is 6.34.